The van der Waals surface area contributed by atoms with Gasteiger partial charge in [-0.2, -0.15) is 0 Å². The van der Waals surface area contributed by atoms with Crippen LogP contribution in [0.15, 0.2) is 72.9 Å². The first-order chi connectivity index (χ1) is 19.3. The number of cyclic esters (lactones) is 1. The van der Waals surface area contributed by atoms with Crippen LogP contribution >= 0.6 is 0 Å². The number of hydrogen-bond acceptors (Lipinski definition) is 5. The van der Waals surface area contributed by atoms with Gasteiger partial charge in [0.1, 0.15) is 11.9 Å². The number of hydrogen-bond donors (Lipinski definition) is 4. The van der Waals surface area contributed by atoms with Crippen LogP contribution in [0, 0.1) is 5.82 Å². The van der Waals surface area contributed by atoms with Crippen LogP contribution in [0.1, 0.15) is 18.1 Å². The van der Waals surface area contributed by atoms with E-state index in [1.165, 1.54) is 17.9 Å². The van der Waals surface area contributed by atoms with E-state index in [-0.39, 0.29) is 24.9 Å². The Labute approximate surface area is 230 Å². The molecule has 1 fully saturated rings. The summed E-state index contributed by atoms with van der Waals surface area (Å²) in [6.45, 7) is 2.08. The van der Waals surface area contributed by atoms with Gasteiger partial charge in [0.05, 0.1) is 24.8 Å². The molecule has 1 aliphatic rings. The molecule has 1 saturated heterocycles. The molecule has 3 amide bonds. The number of aromatic nitrogens is 1. The van der Waals surface area contributed by atoms with Gasteiger partial charge >= 0.3 is 6.09 Å². The third-order valence-electron chi connectivity index (χ3n) is 6.90. The maximum absolute atomic E-state index is 15.1. The van der Waals surface area contributed by atoms with E-state index < -0.39 is 24.1 Å². The third-order valence-corrected chi connectivity index (χ3v) is 6.90. The number of anilines is 1. The van der Waals surface area contributed by atoms with E-state index in [0.29, 0.717) is 29.8 Å². The molecule has 10 heteroatoms. The Balaban J connectivity index is 1.17. The minimum absolute atomic E-state index is 0.195. The minimum Gasteiger partial charge on any atom is -0.442 e. The van der Waals surface area contributed by atoms with Crippen LogP contribution in [0.5, 0.6) is 0 Å². The Morgan fingerprint density at radius 2 is 1.90 bits per heavy atom. The van der Waals surface area contributed by atoms with Gasteiger partial charge in [-0.3, -0.25) is 14.5 Å². The molecule has 1 aliphatic heterocycles. The summed E-state index contributed by atoms with van der Waals surface area (Å²) < 4.78 is 20.3. The summed E-state index contributed by atoms with van der Waals surface area (Å²) in [5.41, 5.74) is 10.4. The number of fused-ring (bicyclic) bond motifs is 1. The molecule has 5 rings (SSSR count). The van der Waals surface area contributed by atoms with Crippen LogP contribution < -0.4 is 21.3 Å². The summed E-state index contributed by atoms with van der Waals surface area (Å²) in [6, 6.07) is 18.9. The zero-order valence-corrected chi connectivity index (χ0v) is 21.9. The molecular formula is C30H30FN5O4. The van der Waals surface area contributed by atoms with Crippen LogP contribution in [0.2, 0.25) is 0 Å². The smallest absolute Gasteiger partial charge is 0.414 e. The van der Waals surface area contributed by atoms with E-state index in [4.69, 9.17) is 10.5 Å². The zero-order valence-electron chi connectivity index (χ0n) is 21.9. The molecule has 0 spiro atoms. The predicted octanol–water partition coefficient (Wildman–Crippen LogP) is 3.62. The van der Waals surface area contributed by atoms with Crippen LogP contribution in [0.4, 0.5) is 14.9 Å². The van der Waals surface area contributed by atoms with Gasteiger partial charge in [-0.1, -0.05) is 42.5 Å². The second-order valence-electron chi connectivity index (χ2n) is 9.80. The molecule has 0 saturated carbocycles. The molecule has 3 aromatic carbocycles. The number of nitrogens with one attached hydrogen (secondary N) is 3. The van der Waals surface area contributed by atoms with Crippen molar-refractivity contribution in [2.24, 2.45) is 5.73 Å². The number of ether oxygens (including phenoxy) is 1. The Morgan fingerprint density at radius 3 is 2.65 bits per heavy atom. The largest absolute Gasteiger partial charge is 0.442 e. The lowest BCUT2D eigenvalue weighted by Gasteiger charge is -2.15. The van der Waals surface area contributed by atoms with E-state index in [0.717, 1.165) is 22.0 Å². The topological polar surface area (TPSA) is 130 Å². The van der Waals surface area contributed by atoms with Crippen molar-refractivity contribution in [1.82, 2.24) is 15.6 Å². The average molecular weight is 544 g/mol. The van der Waals surface area contributed by atoms with Gasteiger partial charge in [0, 0.05) is 36.1 Å². The molecule has 40 heavy (non-hydrogen) atoms. The fraction of sp³-hybridized carbons (Fsp3) is 0.233. The highest BCUT2D eigenvalue weighted by molar-refractivity contribution is 5.90. The van der Waals surface area contributed by atoms with E-state index in [1.807, 2.05) is 42.6 Å². The standard InChI is InChI=1S/C30H30FN5O4/c1-18(37)33-16-23-17-36(30(39)40-23)22-10-11-24(26(31)13-22)20-8-6-19(7-9-20)14-35-29(38)27(32)12-21-15-34-28-5-3-2-4-25(21)28/h2-11,13,15,23,27,34H,12,14,16-17,32H2,1H3,(H,33,37)(H,35,38)/t23-,27+/m0/s1. The predicted molar refractivity (Wildman–Crippen MR) is 150 cm³/mol. The number of halogens is 1. The lowest BCUT2D eigenvalue weighted by molar-refractivity contribution is -0.122. The second kappa shape index (κ2) is 11.6. The number of aromatic amines is 1. The molecule has 0 bridgehead atoms. The second-order valence-corrected chi connectivity index (χ2v) is 9.80. The quantitative estimate of drug-likeness (QED) is 0.256. The number of carbonyl (C=O) groups excluding carboxylic acids is 3. The van der Waals surface area contributed by atoms with Crippen LogP contribution in [-0.2, 0) is 27.3 Å². The molecule has 5 N–H and O–H groups in total. The normalized spacial score (nSPS) is 15.6. The number of rotatable bonds is 9. The van der Waals surface area contributed by atoms with Crippen molar-refractivity contribution in [1.29, 1.82) is 0 Å². The van der Waals surface area contributed by atoms with Crippen LogP contribution in [0.25, 0.3) is 22.0 Å². The summed E-state index contributed by atoms with van der Waals surface area (Å²) in [4.78, 5) is 40.5. The van der Waals surface area contributed by atoms with Crippen molar-refractivity contribution in [3.05, 3.63) is 89.9 Å². The van der Waals surface area contributed by atoms with E-state index in [9.17, 15) is 14.4 Å². The first kappa shape index (κ1) is 26.9. The summed E-state index contributed by atoms with van der Waals surface area (Å²) in [5, 5.41) is 6.53. The number of benzene rings is 3. The molecule has 0 aliphatic carbocycles. The summed E-state index contributed by atoms with van der Waals surface area (Å²) in [5.74, 6) is -0.959. The zero-order chi connectivity index (χ0) is 28.2. The van der Waals surface area contributed by atoms with Crippen molar-refractivity contribution in [3.8, 4) is 11.1 Å². The molecule has 206 valence electrons. The number of carbonyl (C=O) groups is 3. The highest BCUT2D eigenvalue weighted by atomic mass is 19.1. The Morgan fingerprint density at radius 1 is 1.12 bits per heavy atom. The molecule has 9 nitrogen and oxygen atoms in total. The highest BCUT2D eigenvalue weighted by Crippen LogP contribution is 2.29. The van der Waals surface area contributed by atoms with Crippen molar-refractivity contribution >= 4 is 34.5 Å². The average Bonchev–Trinajstić information content (AvgIpc) is 3.53. The van der Waals surface area contributed by atoms with E-state index in [2.05, 4.69) is 15.6 Å². The molecule has 4 aromatic rings. The summed E-state index contributed by atoms with van der Waals surface area (Å²) >= 11 is 0. The Hall–Kier alpha value is -4.70. The van der Waals surface area contributed by atoms with Gasteiger partial charge in [0.15, 0.2) is 0 Å². The van der Waals surface area contributed by atoms with Gasteiger partial charge in [0.2, 0.25) is 11.8 Å². The van der Waals surface area contributed by atoms with Crippen molar-refractivity contribution in [3.63, 3.8) is 0 Å². The first-order valence-corrected chi connectivity index (χ1v) is 13.0. The fourth-order valence-electron chi connectivity index (χ4n) is 4.75. The molecule has 1 aromatic heterocycles. The van der Waals surface area contributed by atoms with E-state index in [1.54, 1.807) is 24.3 Å². The van der Waals surface area contributed by atoms with Crippen LogP contribution in [0.3, 0.4) is 0 Å². The molecular weight excluding hydrogens is 513 g/mol. The van der Waals surface area contributed by atoms with Gasteiger partial charge in [-0.25, -0.2) is 9.18 Å². The summed E-state index contributed by atoms with van der Waals surface area (Å²) in [7, 11) is 0. The number of nitrogens with two attached hydrogens (primary N) is 1. The van der Waals surface area contributed by atoms with Gasteiger partial charge in [-0.15, -0.1) is 0 Å². The molecule has 0 unspecified atom stereocenters. The lowest BCUT2D eigenvalue weighted by Crippen LogP contribution is -2.41. The molecule has 0 radical (unpaired) electrons. The summed E-state index contributed by atoms with van der Waals surface area (Å²) in [6.07, 6.45) is 1.20. The van der Waals surface area contributed by atoms with Crippen molar-refractivity contribution in [2.45, 2.75) is 32.0 Å². The minimum atomic E-state index is -0.695. The first-order valence-electron chi connectivity index (χ1n) is 13.0. The van der Waals surface area contributed by atoms with E-state index >= 15 is 4.39 Å². The number of nitrogens with zero attached hydrogens (tertiary/aromatic N) is 1. The van der Waals surface area contributed by atoms with Crippen molar-refractivity contribution < 1.29 is 23.5 Å². The SMILES string of the molecule is CC(=O)NC[C@H]1CN(c2ccc(-c3ccc(CNC(=O)[C@H](N)Cc4c[nH]c5ccccc45)cc3)c(F)c2)C(=O)O1. The highest BCUT2D eigenvalue weighted by Gasteiger charge is 2.32. The fourth-order valence-corrected chi connectivity index (χ4v) is 4.75. The molecule has 2 atom stereocenters. The lowest BCUT2D eigenvalue weighted by atomic mass is 10.0. The van der Waals surface area contributed by atoms with Crippen molar-refractivity contribution in [2.75, 3.05) is 18.0 Å². The number of para-hydroxylation sites is 1. The van der Waals surface area contributed by atoms with Gasteiger partial charge in [0.25, 0.3) is 0 Å². The maximum Gasteiger partial charge on any atom is 0.414 e. The number of amides is 3. The Bertz CT molecular complexity index is 1550. The monoisotopic (exact) mass is 543 g/mol. The third kappa shape index (κ3) is 5.97. The maximum atomic E-state index is 15.1. The van der Waals surface area contributed by atoms with Gasteiger partial charge in [-0.05, 0) is 47.4 Å². The molecule has 2 heterocycles. The number of H-pyrrole nitrogens is 1. The van der Waals surface area contributed by atoms with Crippen LogP contribution in [-0.4, -0.2) is 48.1 Å². The van der Waals surface area contributed by atoms with Gasteiger partial charge < -0.3 is 26.1 Å². The Kier molecular flexibility index (Phi) is 7.79.